The summed E-state index contributed by atoms with van der Waals surface area (Å²) >= 11 is 0. The third-order valence-electron chi connectivity index (χ3n) is 3.03. The quantitative estimate of drug-likeness (QED) is 0.897. The molecular weight excluding hydrogens is 226 g/mol. The van der Waals surface area contributed by atoms with Gasteiger partial charge < -0.3 is 9.84 Å². The highest BCUT2D eigenvalue weighted by Crippen LogP contribution is 2.27. The van der Waals surface area contributed by atoms with Crippen molar-refractivity contribution in [1.29, 1.82) is 0 Å². The van der Waals surface area contributed by atoms with E-state index in [-0.39, 0.29) is 0 Å². The molecule has 0 spiro atoms. The lowest BCUT2D eigenvalue weighted by atomic mass is 9.97. The van der Waals surface area contributed by atoms with Crippen LogP contribution in [0.15, 0.2) is 42.7 Å². The van der Waals surface area contributed by atoms with E-state index >= 15 is 0 Å². The Morgan fingerprint density at radius 3 is 2.89 bits per heavy atom. The lowest BCUT2D eigenvalue weighted by molar-refractivity contribution is 0.218. The largest absolute Gasteiger partial charge is 0.497 e. The smallest absolute Gasteiger partial charge is 0.119 e. The minimum atomic E-state index is -0.641. The van der Waals surface area contributed by atoms with Crippen LogP contribution >= 0.6 is 0 Å². The van der Waals surface area contributed by atoms with Crippen LogP contribution in [0.3, 0.4) is 0 Å². The van der Waals surface area contributed by atoms with Gasteiger partial charge >= 0.3 is 0 Å². The fourth-order valence-corrected chi connectivity index (χ4v) is 1.99. The molecule has 0 aliphatic carbocycles. The topological polar surface area (TPSA) is 42.4 Å². The van der Waals surface area contributed by atoms with Gasteiger partial charge in [0.15, 0.2) is 0 Å². The zero-order valence-electron chi connectivity index (χ0n) is 10.6. The Hall–Kier alpha value is -1.87. The average molecular weight is 243 g/mol. The Balaban J connectivity index is 2.37. The van der Waals surface area contributed by atoms with E-state index in [9.17, 15) is 5.11 Å². The zero-order chi connectivity index (χ0) is 13.0. The highest BCUT2D eigenvalue weighted by atomic mass is 16.5. The van der Waals surface area contributed by atoms with E-state index in [0.29, 0.717) is 0 Å². The summed E-state index contributed by atoms with van der Waals surface area (Å²) in [7, 11) is 1.62. The fourth-order valence-electron chi connectivity index (χ4n) is 1.99. The molecule has 1 atom stereocenters. The predicted molar refractivity (Wildman–Crippen MR) is 70.7 cm³/mol. The number of nitrogens with zero attached hydrogens (tertiary/aromatic N) is 1. The number of methoxy groups -OCH3 is 1. The van der Waals surface area contributed by atoms with Crippen LogP contribution in [0, 0.1) is 0 Å². The predicted octanol–water partition coefficient (Wildman–Crippen LogP) is 2.73. The zero-order valence-corrected chi connectivity index (χ0v) is 10.6. The van der Waals surface area contributed by atoms with Crippen LogP contribution in [0.25, 0.3) is 0 Å². The van der Waals surface area contributed by atoms with E-state index in [0.717, 1.165) is 28.9 Å². The highest BCUT2D eigenvalue weighted by molar-refractivity contribution is 5.37. The van der Waals surface area contributed by atoms with Crippen molar-refractivity contribution in [2.75, 3.05) is 7.11 Å². The van der Waals surface area contributed by atoms with Gasteiger partial charge in [0.25, 0.3) is 0 Å². The summed E-state index contributed by atoms with van der Waals surface area (Å²) in [5.74, 6) is 0.749. The molecule has 0 bridgehead atoms. The van der Waals surface area contributed by atoms with Crippen molar-refractivity contribution in [2.24, 2.45) is 0 Å². The summed E-state index contributed by atoms with van der Waals surface area (Å²) in [6.07, 6.45) is 3.72. The van der Waals surface area contributed by atoms with Gasteiger partial charge in [-0.15, -0.1) is 0 Å². The molecule has 2 rings (SSSR count). The van der Waals surface area contributed by atoms with Crippen molar-refractivity contribution in [1.82, 2.24) is 4.98 Å². The van der Waals surface area contributed by atoms with Gasteiger partial charge in [0, 0.05) is 12.4 Å². The Morgan fingerprint density at radius 1 is 1.33 bits per heavy atom. The van der Waals surface area contributed by atoms with Gasteiger partial charge in [0.2, 0.25) is 0 Å². The van der Waals surface area contributed by atoms with Crippen LogP contribution in [0.4, 0.5) is 0 Å². The Labute approximate surface area is 107 Å². The molecule has 1 heterocycles. The standard InChI is InChI=1S/C15H17NO2/c1-3-11-10-16-8-7-14(11)15(17)12-5-4-6-13(9-12)18-2/h4-10,15,17H,3H2,1-2H3. The van der Waals surface area contributed by atoms with E-state index in [1.165, 1.54) is 0 Å². The molecule has 0 fully saturated rings. The van der Waals surface area contributed by atoms with E-state index in [1.807, 2.05) is 30.3 Å². The number of ether oxygens (including phenoxy) is 1. The lowest BCUT2D eigenvalue weighted by Crippen LogP contribution is -2.04. The third kappa shape index (κ3) is 2.51. The summed E-state index contributed by atoms with van der Waals surface area (Å²) in [4.78, 5) is 4.09. The SMILES string of the molecule is CCc1cnccc1C(O)c1cccc(OC)c1. The summed E-state index contributed by atoms with van der Waals surface area (Å²) in [5, 5.41) is 10.4. The lowest BCUT2D eigenvalue weighted by Gasteiger charge is -2.15. The van der Waals surface area contributed by atoms with Gasteiger partial charge in [-0.2, -0.15) is 0 Å². The van der Waals surface area contributed by atoms with Crippen molar-refractivity contribution >= 4 is 0 Å². The number of benzene rings is 1. The minimum Gasteiger partial charge on any atom is -0.497 e. The second kappa shape index (κ2) is 5.65. The normalized spacial score (nSPS) is 12.2. The number of pyridine rings is 1. The Kier molecular flexibility index (Phi) is 3.95. The van der Waals surface area contributed by atoms with Crippen LogP contribution < -0.4 is 4.74 Å². The van der Waals surface area contributed by atoms with Crippen LogP contribution in [-0.4, -0.2) is 17.2 Å². The number of aliphatic hydroxyl groups is 1. The third-order valence-corrected chi connectivity index (χ3v) is 3.03. The van der Waals surface area contributed by atoms with Gasteiger partial charge in [-0.1, -0.05) is 19.1 Å². The molecule has 3 heteroatoms. The first-order chi connectivity index (χ1) is 8.76. The highest BCUT2D eigenvalue weighted by Gasteiger charge is 2.14. The van der Waals surface area contributed by atoms with Crippen LogP contribution in [0.2, 0.25) is 0 Å². The molecule has 1 aromatic carbocycles. The number of hydrogen-bond acceptors (Lipinski definition) is 3. The Morgan fingerprint density at radius 2 is 2.17 bits per heavy atom. The van der Waals surface area contributed by atoms with Crippen molar-refractivity contribution in [2.45, 2.75) is 19.4 Å². The maximum absolute atomic E-state index is 10.4. The van der Waals surface area contributed by atoms with Crippen molar-refractivity contribution in [3.63, 3.8) is 0 Å². The number of rotatable bonds is 4. The van der Waals surface area contributed by atoms with E-state index in [1.54, 1.807) is 19.5 Å². The minimum absolute atomic E-state index is 0.641. The average Bonchev–Trinajstić information content (AvgIpc) is 2.46. The van der Waals surface area contributed by atoms with Gasteiger partial charge in [-0.3, -0.25) is 4.98 Å². The summed E-state index contributed by atoms with van der Waals surface area (Å²) in [6.45, 7) is 2.05. The fraction of sp³-hybridized carbons (Fsp3) is 0.267. The maximum atomic E-state index is 10.4. The molecule has 1 aromatic heterocycles. The van der Waals surface area contributed by atoms with Crippen molar-refractivity contribution in [3.8, 4) is 5.75 Å². The van der Waals surface area contributed by atoms with Gasteiger partial charge in [0.05, 0.1) is 7.11 Å². The van der Waals surface area contributed by atoms with E-state index in [2.05, 4.69) is 11.9 Å². The van der Waals surface area contributed by atoms with E-state index in [4.69, 9.17) is 4.74 Å². The van der Waals surface area contributed by atoms with Crippen molar-refractivity contribution in [3.05, 3.63) is 59.4 Å². The van der Waals surface area contributed by atoms with Gasteiger partial charge in [-0.05, 0) is 41.3 Å². The molecule has 3 nitrogen and oxygen atoms in total. The molecule has 0 saturated carbocycles. The molecule has 94 valence electrons. The van der Waals surface area contributed by atoms with Gasteiger partial charge in [0.1, 0.15) is 11.9 Å². The summed E-state index contributed by atoms with van der Waals surface area (Å²) < 4.78 is 5.17. The second-order valence-electron chi connectivity index (χ2n) is 4.11. The molecule has 2 aromatic rings. The second-order valence-corrected chi connectivity index (χ2v) is 4.11. The number of aromatic nitrogens is 1. The molecule has 0 aliphatic heterocycles. The first kappa shape index (κ1) is 12.6. The number of aliphatic hydroxyl groups excluding tert-OH is 1. The molecular formula is C15H17NO2. The van der Waals surface area contributed by atoms with Crippen LogP contribution in [0.1, 0.15) is 29.7 Å². The molecule has 0 amide bonds. The molecule has 1 unspecified atom stereocenters. The first-order valence-electron chi connectivity index (χ1n) is 6.01. The maximum Gasteiger partial charge on any atom is 0.119 e. The summed E-state index contributed by atoms with van der Waals surface area (Å²) in [6, 6.07) is 9.36. The first-order valence-corrected chi connectivity index (χ1v) is 6.01. The number of hydrogen-bond donors (Lipinski definition) is 1. The molecule has 18 heavy (non-hydrogen) atoms. The van der Waals surface area contributed by atoms with Crippen LogP contribution in [0.5, 0.6) is 5.75 Å². The number of aryl methyl sites for hydroxylation is 1. The summed E-state index contributed by atoms with van der Waals surface area (Å²) in [5.41, 5.74) is 2.80. The molecule has 0 saturated heterocycles. The molecule has 0 aliphatic rings. The molecule has 1 N–H and O–H groups in total. The van der Waals surface area contributed by atoms with Gasteiger partial charge in [-0.25, -0.2) is 0 Å². The molecule has 0 radical (unpaired) electrons. The van der Waals surface area contributed by atoms with Crippen molar-refractivity contribution < 1.29 is 9.84 Å². The van der Waals surface area contributed by atoms with E-state index < -0.39 is 6.10 Å². The van der Waals surface area contributed by atoms with Crippen LogP contribution in [-0.2, 0) is 6.42 Å². The Bertz CT molecular complexity index is 525. The monoisotopic (exact) mass is 243 g/mol.